The van der Waals surface area contributed by atoms with Gasteiger partial charge in [0.25, 0.3) is 0 Å². The van der Waals surface area contributed by atoms with Gasteiger partial charge in [0.2, 0.25) is 0 Å². The van der Waals surface area contributed by atoms with Gasteiger partial charge >= 0.3 is 11.9 Å². The molecule has 0 radical (unpaired) electrons. The molecule has 2 aromatic rings. The Balaban J connectivity index is 1.93. The van der Waals surface area contributed by atoms with E-state index >= 15 is 0 Å². The van der Waals surface area contributed by atoms with Crippen molar-refractivity contribution in [1.29, 1.82) is 0 Å². The Morgan fingerprint density at radius 2 is 1.77 bits per heavy atom. The van der Waals surface area contributed by atoms with Crippen LogP contribution in [0, 0.1) is 5.92 Å². The Kier molecular flexibility index (Phi) is 6.98. The lowest BCUT2D eigenvalue weighted by Crippen LogP contribution is -2.43. The first-order chi connectivity index (χ1) is 16.9. The molecule has 8 nitrogen and oxygen atoms in total. The van der Waals surface area contributed by atoms with Gasteiger partial charge in [0.05, 0.1) is 34.0 Å². The predicted octanol–water partition coefficient (Wildman–Crippen LogP) is 3.70. The molecule has 9 heteroatoms. The zero-order valence-corrected chi connectivity index (χ0v) is 21.0. The fraction of sp³-hybridized carbons (Fsp3) is 0.346. The maximum Gasteiger partial charge on any atom is 0.336 e. The summed E-state index contributed by atoms with van der Waals surface area (Å²) in [6.45, 7) is 1.78. The van der Waals surface area contributed by atoms with E-state index in [1.807, 2.05) is 17.5 Å². The minimum Gasteiger partial charge on any atom is -0.493 e. The van der Waals surface area contributed by atoms with Gasteiger partial charge in [0.15, 0.2) is 17.3 Å². The van der Waals surface area contributed by atoms with Crippen LogP contribution in [0.1, 0.15) is 35.6 Å². The molecule has 4 rings (SSSR count). The van der Waals surface area contributed by atoms with Crippen LogP contribution in [0.2, 0.25) is 0 Å². The number of rotatable bonds is 6. The van der Waals surface area contributed by atoms with E-state index in [9.17, 15) is 14.4 Å². The topological polar surface area (TPSA) is 100 Å². The third-order valence-electron chi connectivity index (χ3n) is 6.53. The fourth-order valence-corrected chi connectivity index (χ4v) is 5.81. The number of benzene rings is 1. The normalized spacial score (nSPS) is 21.7. The number of ketones is 1. The van der Waals surface area contributed by atoms with Crippen LogP contribution in [-0.2, 0) is 23.9 Å². The molecule has 0 saturated carbocycles. The number of dihydropyridines is 1. The molecule has 1 aliphatic heterocycles. The standard InChI is InChI=1S/C26H27NO7S/c1-13-20(25(29)33-4)21(14-8-9-17(31-2)18(11-14)32-3)23-16(27-13)12-15(19-7-6-10-35-19)22(24(23)28)26(30)34-5/h6-11,15,21-22,27H,12H2,1-5H3. The Bertz CT molecular complexity index is 1230. The van der Waals surface area contributed by atoms with Crippen molar-refractivity contribution in [3.05, 3.63) is 68.7 Å². The Morgan fingerprint density at radius 1 is 1.03 bits per heavy atom. The van der Waals surface area contributed by atoms with Gasteiger partial charge in [0, 0.05) is 33.7 Å². The van der Waals surface area contributed by atoms with Crippen molar-refractivity contribution >= 4 is 29.1 Å². The van der Waals surface area contributed by atoms with Gasteiger partial charge in [-0.05, 0) is 42.5 Å². The van der Waals surface area contributed by atoms with Gasteiger partial charge in [-0.2, -0.15) is 0 Å². The first kappa shape index (κ1) is 24.5. The number of carbonyl (C=O) groups is 3. The van der Waals surface area contributed by atoms with Crippen LogP contribution < -0.4 is 14.8 Å². The highest BCUT2D eigenvalue weighted by molar-refractivity contribution is 7.10. The van der Waals surface area contributed by atoms with Crippen LogP contribution >= 0.6 is 11.3 Å². The number of esters is 2. The molecule has 2 aliphatic rings. The molecule has 0 saturated heterocycles. The van der Waals surface area contributed by atoms with E-state index in [4.69, 9.17) is 18.9 Å². The highest BCUT2D eigenvalue weighted by atomic mass is 32.1. The summed E-state index contributed by atoms with van der Waals surface area (Å²) in [7, 11) is 5.62. The molecule has 1 aliphatic carbocycles. The van der Waals surface area contributed by atoms with E-state index in [2.05, 4.69) is 5.32 Å². The molecule has 0 amide bonds. The smallest absolute Gasteiger partial charge is 0.336 e. The van der Waals surface area contributed by atoms with Crippen LogP contribution in [0.15, 0.2) is 58.3 Å². The molecule has 3 atom stereocenters. The second-order valence-electron chi connectivity index (χ2n) is 8.29. The van der Waals surface area contributed by atoms with Gasteiger partial charge in [-0.25, -0.2) is 4.79 Å². The lowest BCUT2D eigenvalue weighted by atomic mass is 9.68. The molecule has 0 fully saturated rings. The Labute approximate surface area is 207 Å². The average molecular weight is 498 g/mol. The summed E-state index contributed by atoms with van der Waals surface area (Å²) in [5.41, 5.74) is 2.56. The number of hydrogen-bond donors (Lipinski definition) is 1. The molecular weight excluding hydrogens is 470 g/mol. The van der Waals surface area contributed by atoms with Crippen LogP contribution in [0.25, 0.3) is 0 Å². The molecule has 0 bridgehead atoms. The zero-order valence-electron chi connectivity index (χ0n) is 20.2. The third-order valence-corrected chi connectivity index (χ3v) is 7.53. The molecule has 35 heavy (non-hydrogen) atoms. The maximum absolute atomic E-state index is 14.1. The number of thiophene rings is 1. The van der Waals surface area contributed by atoms with Crippen LogP contribution in [0.4, 0.5) is 0 Å². The van der Waals surface area contributed by atoms with E-state index in [-0.39, 0.29) is 11.7 Å². The molecule has 2 heterocycles. The lowest BCUT2D eigenvalue weighted by molar-refractivity contribution is -0.149. The molecule has 1 N–H and O–H groups in total. The second kappa shape index (κ2) is 9.95. The van der Waals surface area contributed by atoms with Crippen molar-refractivity contribution in [3.63, 3.8) is 0 Å². The van der Waals surface area contributed by atoms with E-state index in [0.717, 1.165) is 4.88 Å². The summed E-state index contributed by atoms with van der Waals surface area (Å²) in [6.07, 6.45) is 0.414. The SMILES string of the molecule is COC(=O)C1=C(C)NC2=C(C(=O)C(C(=O)OC)C(c3cccs3)C2)C1c1ccc(OC)c(OC)c1. The Morgan fingerprint density at radius 3 is 2.37 bits per heavy atom. The number of ether oxygens (including phenoxy) is 4. The highest BCUT2D eigenvalue weighted by Crippen LogP contribution is 2.49. The first-order valence-electron chi connectivity index (χ1n) is 11.0. The summed E-state index contributed by atoms with van der Waals surface area (Å²) in [5.74, 6) is -2.74. The van der Waals surface area contributed by atoms with E-state index in [0.29, 0.717) is 46.0 Å². The molecule has 0 spiro atoms. The molecule has 1 aromatic heterocycles. The number of methoxy groups -OCH3 is 4. The van der Waals surface area contributed by atoms with Crippen LogP contribution in [-0.4, -0.2) is 46.2 Å². The molecule has 3 unspecified atom stereocenters. The van der Waals surface area contributed by atoms with Crippen molar-refractivity contribution in [1.82, 2.24) is 5.32 Å². The van der Waals surface area contributed by atoms with Crippen LogP contribution in [0.5, 0.6) is 11.5 Å². The fourth-order valence-electron chi connectivity index (χ4n) is 4.95. The largest absolute Gasteiger partial charge is 0.493 e. The van der Waals surface area contributed by atoms with Gasteiger partial charge in [0.1, 0.15) is 5.92 Å². The number of carbonyl (C=O) groups excluding carboxylic acids is 3. The molecule has 184 valence electrons. The van der Waals surface area contributed by atoms with E-state index < -0.39 is 23.8 Å². The number of nitrogens with one attached hydrogen (secondary N) is 1. The van der Waals surface area contributed by atoms with Crippen molar-refractivity contribution < 1.29 is 33.3 Å². The molecule has 1 aromatic carbocycles. The van der Waals surface area contributed by atoms with E-state index in [1.54, 1.807) is 25.1 Å². The summed E-state index contributed by atoms with van der Waals surface area (Å²) >= 11 is 1.49. The monoisotopic (exact) mass is 497 g/mol. The summed E-state index contributed by atoms with van der Waals surface area (Å²) in [6, 6.07) is 9.05. The number of allylic oxidation sites excluding steroid dienone is 3. The lowest BCUT2D eigenvalue weighted by Gasteiger charge is -2.39. The first-order valence-corrected chi connectivity index (χ1v) is 11.9. The average Bonchev–Trinajstić information content (AvgIpc) is 3.41. The number of Topliss-reactive ketones (excluding diaryl/α,β-unsaturated/α-hetero) is 1. The van der Waals surface area contributed by atoms with Gasteiger partial charge in [-0.3, -0.25) is 9.59 Å². The van der Waals surface area contributed by atoms with Gasteiger partial charge < -0.3 is 24.3 Å². The van der Waals surface area contributed by atoms with Gasteiger partial charge in [-0.15, -0.1) is 11.3 Å². The minimum atomic E-state index is -1.03. The predicted molar refractivity (Wildman–Crippen MR) is 129 cm³/mol. The summed E-state index contributed by atoms with van der Waals surface area (Å²) in [4.78, 5) is 40.8. The zero-order chi connectivity index (χ0) is 25.3. The molecular formula is C26H27NO7S. The summed E-state index contributed by atoms with van der Waals surface area (Å²) < 4.78 is 21.0. The van der Waals surface area contributed by atoms with Crippen molar-refractivity contribution in [2.75, 3.05) is 28.4 Å². The van der Waals surface area contributed by atoms with Crippen molar-refractivity contribution in [2.24, 2.45) is 5.92 Å². The Hall–Kier alpha value is -3.59. The van der Waals surface area contributed by atoms with Crippen molar-refractivity contribution in [3.8, 4) is 11.5 Å². The highest BCUT2D eigenvalue weighted by Gasteiger charge is 2.49. The van der Waals surface area contributed by atoms with Gasteiger partial charge in [-0.1, -0.05) is 12.1 Å². The quantitative estimate of drug-likeness (QED) is 0.476. The van der Waals surface area contributed by atoms with E-state index in [1.165, 1.54) is 39.8 Å². The maximum atomic E-state index is 14.1. The van der Waals surface area contributed by atoms with Crippen LogP contribution in [0.3, 0.4) is 0 Å². The summed E-state index contributed by atoms with van der Waals surface area (Å²) in [5, 5.41) is 5.18. The second-order valence-corrected chi connectivity index (χ2v) is 9.27. The van der Waals surface area contributed by atoms with Crippen molar-refractivity contribution in [2.45, 2.75) is 25.2 Å². The number of hydrogen-bond acceptors (Lipinski definition) is 9. The third kappa shape index (κ3) is 4.20. The minimum absolute atomic E-state index is 0.296.